The fraction of sp³-hybridized carbons (Fsp3) is 0.611. The average Bonchev–Trinajstić information content (AvgIpc) is 3.32. The lowest BCUT2D eigenvalue weighted by Gasteiger charge is -2.38. The summed E-state index contributed by atoms with van der Waals surface area (Å²) in [5.74, 6) is 1.61. The summed E-state index contributed by atoms with van der Waals surface area (Å²) in [5, 5.41) is 0. The van der Waals surface area contributed by atoms with Gasteiger partial charge in [-0.15, -0.1) is 0 Å². The first-order chi connectivity index (χ1) is 12.9. The number of rotatable bonds is 4. The molecule has 0 aliphatic carbocycles. The number of H-pyrrole nitrogens is 1. The van der Waals surface area contributed by atoms with Gasteiger partial charge in [0.1, 0.15) is 11.5 Å². The molecule has 0 saturated carbocycles. The van der Waals surface area contributed by atoms with Crippen LogP contribution in [0.25, 0.3) is 11.5 Å². The van der Waals surface area contributed by atoms with Crippen LogP contribution in [-0.4, -0.2) is 69.5 Å². The number of sulfonamides is 1. The Labute approximate surface area is 160 Å². The minimum absolute atomic E-state index is 0.188. The highest BCUT2D eigenvalue weighted by Gasteiger charge is 2.36. The molecule has 0 bridgehead atoms. The summed E-state index contributed by atoms with van der Waals surface area (Å²) >= 11 is 0. The van der Waals surface area contributed by atoms with Crippen LogP contribution in [0.15, 0.2) is 18.5 Å². The molecule has 146 valence electrons. The molecule has 4 heterocycles. The third-order valence-corrected chi connectivity index (χ3v) is 6.87. The Balaban J connectivity index is 1.54. The van der Waals surface area contributed by atoms with Gasteiger partial charge in [0.05, 0.1) is 12.3 Å². The van der Waals surface area contributed by atoms with Crippen molar-refractivity contribution in [1.82, 2.24) is 29.1 Å². The molecular formula is C18H26N6O2S. The number of imidazole rings is 1. The van der Waals surface area contributed by atoms with Crippen LogP contribution < -0.4 is 0 Å². The Hall–Kier alpha value is -1.84. The molecule has 27 heavy (non-hydrogen) atoms. The standard InChI is InChI=1S/C18H26N6O2S/c1-13-12-15(17-19-7-8-20-17)22-18(21-13)16-4-3-9-24(16)14-5-10-23(11-6-14)27(2,25)26/h7-8,12,14,16H,3-6,9-11H2,1-2H3,(H,19,20)/t16-/m0/s1. The first kappa shape index (κ1) is 18.5. The van der Waals surface area contributed by atoms with Gasteiger partial charge in [-0.2, -0.15) is 0 Å². The first-order valence-electron chi connectivity index (χ1n) is 9.48. The van der Waals surface area contributed by atoms with Gasteiger partial charge >= 0.3 is 0 Å². The molecule has 0 amide bonds. The fourth-order valence-corrected chi connectivity index (χ4v) is 5.15. The molecule has 4 rings (SSSR count). The van der Waals surface area contributed by atoms with Crippen LogP contribution in [0.1, 0.15) is 43.2 Å². The van der Waals surface area contributed by atoms with Crippen LogP contribution in [0.2, 0.25) is 0 Å². The van der Waals surface area contributed by atoms with Crippen LogP contribution in [0.3, 0.4) is 0 Å². The molecule has 9 heteroatoms. The Morgan fingerprint density at radius 3 is 2.59 bits per heavy atom. The van der Waals surface area contributed by atoms with Gasteiger partial charge in [0.25, 0.3) is 0 Å². The third-order valence-electron chi connectivity index (χ3n) is 5.57. The molecule has 2 fully saturated rings. The summed E-state index contributed by atoms with van der Waals surface area (Å²) in [4.78, 5) is 19.4. The van der Waals surface area contributed by atoms with E-state index in [1.54, 1.807) is 16.7 Å². The van der Waals surface area contributed by atoms with Gasteiger partial charge in [-0.25, -0.2) is 27.7 Å². The Kier molecular flexibility index (Phi) is 5.00. The van der Waals surface area contributed by atoms with Crippen LogP contribution >= 0.6 is 0 Å². The van der Waals surface area contributed by atoms with Crippen molar-refractivity contribution < 1.29 is 8.42 Å². The number of hydrogen-bond acceptors (Lipinski definition) is 6. The van der Waals surface area contributed by atoms with Crippen molar-refractivity contribution in [3.8, 4) is 11.5 Å². The summed E-state index contributed by atoms with van der Waals surface area (Å²) < 4.78 is 25.1. The largest absolute Gasteiger partial charge is 0.343 e. The van der Waals surface area contributed by atoms with Crippen LogP contribution in [0, 0.1) is 6.92 Å². The number of nitrogens with one attached hydrogen (secondary N) is 1. The van der Waals surface area contributed by atoms with E-state index >= 15 is 0 Å². The molecule has 1 N–H and O–H groups in total. The maximum absolute atomic E-state index is 11.8. The van der Waals surface area contributed by atoms with E-state index in [-0.39, 0.29) is 6.04 Å². The van der Waals surface area contributed by atoms with Crippen molar-refractivity contribution in [2.24, 2.45) is 0 Å². The number of aromatic nitrogens is 4. The van der Waals surface area contributed by atoms with Crippen molar-refractivity contribution in [3.63, 3.8) is 0 Å². The maximum atomic E-state index is 11.8. The molecule has 2 saturated heterocycles. The lowest BCUT2D eigenvalue weighted by atomic mass is 10.0. The van der Waals surface area contributed by atoms with E-state index in [0.717, 1.165) is 55.3 Å². The van der Waals surface area contributed by atoms with E-state index < -0.39 is 10.0 Å². The zero-order chi connectivity index (χ0) is 19.0. The summed E-state index contributed by atoms with van der Waals surface area (Å²) in [5.41, 5.74) is 1.76. The fourth-order valence-electron chi connectivity index (χ4n) is 4.28. The van der Waals surface area contributed by atoms with E-state index in [4.69, 9.17) is 9.97 Å². The van der Waals surface area contributed by atoms with E-state index in [0.29, 0.717) is 19.1 Å². The van der Waals surface area contributed by atoms with Crippen molar-refractivity contribution >= 4 is 10.0 Å². The Bertz CT molecular complexity index is 891. The van der Waals surface area contributed by atoms with E-state index in [9.17, 15) is 8.42 Å². The molecule has 0 radical (unpaired) electrons. The predicted molar refractivity (Wildman–Crippen MR) is 102 cm³/mol. The van der Waals surface area contributed by atoms with E-state index in [1.807, 2.05) is 13.0 Å². The van der Waals surface area contributed by atoms with Crippen molar-refractivity contribution in [1.29, 1.82) is 0 Å². The second-order valence-corrected chi connectivity index (χ2v) is 9.46. The number of piperidine rings is 1. The zero-order valence-corrected chi connectivity index (χ0v) is 16.6. The predicted octanol–water partition coefficient (Wildman–Crippen LogP) is 1.74. The molecule has 8 nitrogen and oxygen atoms in total. The van der Waals surface area contributed by atoms with Gasteiger partial charge in [-0.05, 0) is 45.2 Å². The topological polar surface area (TPSA) is 95.1 Å². The van der Waals surface area contributed by atoms with Gasteiger partial charge < -0.3 is 4.98 Å². The maximum Gasteiger partial charge on any atom is 0.211 e. The summed E-state index contributed by atoms with van der Waals surface area (Å²) in [6.07, 6.45) is 8.69. The molecule has 2 aliphatic heterocycles. The second-order valence-electron chi connectivity index (χ2n) is 7.48. The van der Waals surface area contributed by atoms with Crippen molar-refractivity contribution in [2.45, 2.75) is 44.7 Å². The molecular weight excluding hydrogens is 364 g/mol. The molecule has 0 spiro atoms. The van der Waals surface area contributed by atoms with Crippen LogP contribution in [-0.2, 0) is 10.0 Å². The highest BCUT2D eigenvalue weighted by Crippen LogP contribution is 2.35. The monoisotopic (exact) mass is 390 g/mol. The van der Waals surface area contributed by atoms with Gasteiger partial charge in [-0.3, -0.25) is 4.90 Å². The average molecular weight is 391 g/mol. The van der Waals surface area contributed by atoms with E-state index in [2.05, 4.69) is 14.9 Å². The first-order valence-corrected chi connectivity index (χ1v) is 11.3. The minimum Gasteiger partial charge on any atom is -0.343 e. The lowest BCUT2D eigenvalue weighted by Crippen LogP contribution is -2.46. The number of aromatic amines is 1. The third kappa shape index (κ3) is 3.90. The molecule has 2 aromatic rings. The molecule has 2 aromatic heterocycles. The molecule has 1 atom stereocenters. The number of nitrogens with zero attached hydrogens (tertiary/aromatic N) is 5. The molecule has 0 unspecified atom stereocenters. The number of likely N-dealkylation sites (tertiary alicyclic amines) is 1. The second kappa shape index (κ2) is 7.29. The van der Waals surface area contributed by atoms with Gasteiger partial charge in [-0.1, -0.05) is 0 Å². The highest BCUT2D eigenvalue weighted by atomic mass is 32.2. The Morgan fingerprint density at radius 2 is 1.93 bits per heavy atom. The highest BCUT2D eigenvalue weighted by molar-refractivity contribution is 7.88. The zero-order valence-electron chi connectivity index (χ0n) is 15.8. The van der Waals surface area contributed by atoms with Gasteiger partial charge in [0, 0.05) is 37.2 Å². The van der Waals surface area contributed by atoms with Gasteiger partial charge in [0.15, 0.2) is 5.82 Å². The van der Waals surface area contributed by atoms with E-state index in [1.165, 1.54) is 6.26 Å². The summed E-state index contributed by atoms with van der Waals surface area (Å²) in [7, 11) is -3.10. The quantitative estimate of drug-likeness (QED) is 0.854. The SMILES string of the molecule is Cc1cc(-c2ncc[nH]2)nc([C@@H]2CCCN2C2CCN(S(C)(=O)=O)CC2)n1. The molecule has 2 aliphatic rings. The minimum atomic E-state index is -3.10. The summed E-state index contributed by atoms with van der Waals surface area (Å²) in [6.45, 7) is 4.20. The Morgan fingerprint density at radius 1 is 1.15 bits per heavy atom. The normalized spacial score (nSPS) is 23.1. The van der Waals surface area contributed by atoms with Crippen molar-refractivity contribution in [2.75, 3.05) is 25.9 Å². The van der Waals surface area contributed by atoms with Crippen LogP contribution in [0.5, 0.6) is 0 Å². The molecule has 0 aromatic carbocycles. The van der Waals surface area contributed by atoms with Crippen LogP contribution in [0.4, 0.5) is 0 Å². The number of aryl methyl sites for hydroxylation is 1. The van der Waals surface area contributed by atoms with Gasteiger partial charge in [0.2, 0.25) is 10.0 Å². The lowest BCUT2D eigenvalue weighted by molar-refractivity contribution is 0.123. The summed E-state index contributed by atoms with van der Waals surface area (Å²) in [6, 6.07) is 2.52. The van der Waals surface area contributed by atoms with Crippen molar-refractivity contribution in [3.05, 3.63) is 30.0 Å². The number of hydrogen-bond donors (Lipinski definition) is 1. The smallest absolute Gasteiger partial charge is 0.211 e.